The van der Waals surface area contributed by atoms with Gasteiger partial charge in [-0.15, -0.1) is 0 Å². The lowest BCUT2D eigenvalue weighted by Crippen LogP contribution is -2.13. The third kappa shape index (κ3) is 5.36. The average Bonchev–Trinajstić information content (AvgIpc) is 2.99. The zero-order chi connectivity index (χ0) is 14.9. The van der Waals surface area contributed by atoms with Gasteiger partial charge in [0, 0.05) is 13.1 Å². The van der Waals surface area contributed by atoms with Gasteiger partial charge in [0.15, 0.2) is 0 Å². The van der Waals surface area contributed by atoms with Crippen molar-refractivity contribution in [1.82, 2.24) is 15.0 Å². The summed E-state index contributed by atoms with van der Waals surface area (Å²) in [6.07, 6.45) is 7.72. The molecule has 1 heterocycles. The Morgan fingerprint density at radius 2 is 1.67 bits per heavy atom. The number of aromatic nitrogens is 3. The molecule has 1 aliphatic rings. The first kappa shape index (κ1) is 15.8. The molecule has 0 spiro atoms. The molecule has 0 saturated heterocycles. The molecule has 0 aliphatic heterocycles. The molecule has 0 atom stereocenters. The topological polar surface area (TPSA) is 72.0 Å². The molecule has 21 heavy (non-hydrogen) atoms. The Morgan fingerprint density at radius 3 is 2.29 bits per heavy atom. The van der Waals surface area contributed by atoms with Gasteiger partial charge in [0.25, 0.3) is 0 Å². The van der Waals surface area contributed by atoms with Gasteiger partial charge in [-0.25, -0.2) is 0 Å². The first-order valence-electron chi connectivity index (χ1n) is 8.18. The van der Waals surface area contributed by atoms with Crippen LogP contribution in [0.1, 0.15) is 52.4 Å². The predicted octanol–water partition coefficient (Wildman–Crippen LogP) is 3.08. The first-order valence-corrected chi connectivity index (χ1v) is 8.18. The maximum Gasteiger partial charge on any atom is 0.323 e. The molecule has 0 aromatic carbocycles. The largest absolute Gasteiger partial charge is 0.464 e. The standard InChI is InChI=1S/C15H27N5O/c1-3-10-16-13-18-14(20-15(19-13)21-4-2)17-11-9-12-7-5-6-8-12/h12H,3-11H2,1-2H3,(H2,16,17,18,19,20). The molecule has 1 saturated carbocycles. The highest BCUT2D eigenvalue weighted by atomic mass is 16.5. The second kappa shape index (κ2) is 8.64. The maximum absolute atomic E-state index is 5.40. The van der Waals surface area contributed by atoms with Gasteiger partial charge < -0.3 is 15.4 Å². The van der Waals surface area contributed by atoms with Crippen LogP contribution in [0.5, 0.6) is 6.01 Å². The van der Waals surface area contributed by atoms with E-state index in [1.165, 1.54) is 32.1 Å². The minimum Gasteiger partial charge on any atom is -0.464 e. The maximum atomic E-state index is 5.40. The Hall–Kier alpha value is -1.59. The molecule has 0 amide bonds. The van der Waals surface area contributed by atoms with Crippen LogP contribution in [-0.2, 0) is 0 Å². The van der Waals surface area contributed by atoms with Crippen molar-refractivity contribution >= 4 is 11.9 Å². The minimum atomic E-state index is 0.384. The highest BCUT2D eigenvalue weighted by Crippen LogP contribution is 2.27. The summed E-state index contributed by atoms with van der Waals surface area (Å²) in [6, 6.07) is 0.384. The lowest BCUT2D eigenvalue weighted by Gasteiger charge is -2.11. The van der Waals surface area contributed by atoms with E-state index in [0.29, 0.717) is 24.5 Å². The highest BCUT2D eigenvalue weighted by molar-refractivity contribution is 5.35. The van der Waals surface area contributed by atoms with E-state index in [2.05, 4.69) is 32.5 Å². The van der Waals surface area contributed by atoms with Crippen molar-refractivity contribution in [3.8, 4) is 6.01 Å². The SMILES string of the molecule is CCCNc1nc(NCCC2CCCC2)nc(OCC)n1. The number of anilines is 2. The predicted molar refractivity (Wildman–Crippen MR) is 84.8 cm³/mol. The average molecular weight is 293 g/mol. The van der Waals surface area contributed by atoms with Crippen LogP contribution >= 0.6 is 0 Å². The van der Waals surface area contributed by atoms with E-state index in [0.717, 1.165) is 25.4 Å². The van der Waals surface area contributed by atoms with Gasteiger partial charge in [-0.3, -0.25) is 0 Å². The highest BCUT2D eigenvalue weighted by Gasteiger charge is 2.14. The Kier molecular flexibility index (Phi) is 6.50. The number of hydrogen-bond acceptors (Lipinski definition) is 6. The number of hydrogen-bond donors (Lipinski definition) is 2. The van der Waals surface area contributed by atoms with Gasteiger partial charge in [-0.05, 0) is 25.7 Å². The van der Waals surface area contributed by atoms with Gasteiger partial charge in [-0.2, -0.15) is 15.0 Å². The van der Waals surface area contributed by atoms with E-state index in [1.807, 2.05) is 6.92 Å². The van der Waals surface area contributed by atoms with Gasteiger partial charge in [-0.1, -0.05) is 32.6 Å². The molecule has 2 N–H and O–H groups in total. The normalized spacial score (nSPS) is 15.1. The number of nitrogens with zero attached hydrogens (tertiary/aromatic N) is 3. The van der Waals surface area contributed by atoms with E-state index in [4.69, 9.17) is 4.74 Å². The molecule has 6 nitrogen and oxygen atoms in total. The first-order chi connectivity index (χ1) is 10.3. The van der Waals surface area contributed by atoms with E-state index >= 15 is 0 Å². The molecule has 0 bridgehead atoms. The summed E-state index contributed by atoms with van der Waals surface area (Å²) >= 11 is 0. The summed E-state index contributed by atoms with van der Waals surface area (Å²) in [7, 11) is 0. The minimum absolute atomic E-state index is 0.384. The summed E-state index contributed by atoms with van der Waals surface area (Å²) < 4.78 is 5.40. The number of rotatable bonds is 9. The summed E-state index contributed by atoms with van der Waals surface area (Å²) in [5.74, 6) is 2.05. The fraction of sp³-hybridized carbons (Fsp3) is 0.800. The monoisotopic (exact) mass is 293 g/mol. The lowest BCUT2D eigenvalue weighted by molar-refractivity contribution is 0.312. The van der Waals surface area contributed by atoms with Gasteiger partial charge in [0.05, 0.1) is 6.61 Å². The molecular formula is C15H27N5O. The molecular weight excluding hydrogens is 266 g/mol. The molecule has 1 fully saturated rings. The fourth-order valence-corrected chi connectivity index (χ4v) is 2.63. The van der Waals surface area contributed by atoms with Gasteiger partial charge in [0.1, 0.15) is 0 Å². The Balaban J connectivity index is 1.90. The smallest absolute Gasteiger partial charge is 0.323 e. The molecule has 6 heteroatoms. The van der Waals surface area contributed by atoms with Gasteiger partial charge in [0.2, 0.25) is 11.9 Å². The molecule has 0 unspecified atom stereocenters. The van der Waals surface area contributed by atoms with Crippen LogP contribution in [0.15, 0.2) is 0 Å². The summed E-state index contributed by atoms with van der Waals surface area (Å²) in [4.78, 5) is 12.9. The second-order valence-corrected chi connectivity index (χ2v) is 5.49. The molecule has 1 aliphatic carbocycles. The van der Waals surface area contributed by atoms with E-state index in [9.17, 15) is 0 Å². The summed E-state index contributed by atoms with van der Waals surface area (Å²) in [6.45, 7) is 6.35. The van der Waals surface area contributed by atoms with E-state index < -0.39 is 0 Å². The summed E-state index contributed by atoms with van der Waals surface area (Å²) in [5.41, 5.74) is 0. The van der Waals surface area contributed by atoms with Crippen LogP contribution in [0.25, 0.3) is 0 Å². The number of ether oxygens (including phenoxy) is 1. The summed E-state index contributed by atoms with van der Waals surface area (Å²) in [5, 5.41) is 6.49. The van der Waals surface area contributed by atoms with Gasteiger partial charge >= 0.3 is 6.01 Å². The van der Waals surface area contributed by atoms with Crippen molar-refractivity contribution in [2.24, 2.45) is 5.92 Å². The fourth-order valence-electron chi connectivity index (χ4n) is 2.63. The molecule has 2 rings (SSSR count). The zero-order valence-electron chi connectivity index (χ0n) is 13.2. The Labute approximate surface area is 127 Å². The van der Waals surface area contributed by atoms with Crippen molar-refractivity contribution in [2.75, 3.05) is 30.3 Å². The zero-order valence-corrected chi connectivity index (χ0v) is 13.2. The van der Waals surface area contributed by atoms with Crippen LogP contribution in [0.3, 0.4) is 0 Å². The molecule has 1 aromatic rings. The van der Waals surface area contributed by atoms with Crippen LogP contribution in [0, 0.1) is 5.92 Å². The van der Waals surface area contributed by atoms with Crippen LogP contribution in [0.2, 0.25) is 0 Å². The van der Waals surface area contributed by atoms with Crippen molar-refractivity contribution < 1.29 is 4.74 Å². The van der Waals surface area contributed by atoms with Crippen molar-refractivity contribution in [2.45, 2.75) is 52.4 Å². The van der Waals surface area contributed by atoms with Crippen molar-refractivity contribution in [1.29, 1.82) is 0 Å². The third-order valence-corrected chi connectivity index (χ3v) is 3.73. The second-order valence-electron chi connectivity index (χ2n) is 5.49. The Bertz CT molecular complexity index is 421. The molecule has 1 aromatic heterocycles. The van der Waals surface area contributed by atoms with Crippen molar-refractivity contribution in [3.05, 3.63) is 0 Å². The lowest BCUT2D eigenvalue weighted by atomic mass is 10.0. The van der Waals surface area contributed by atoms with E-state index in [1.54, 1.807) is 0 Å². The quantitative estimate of drug-likeness (QED) is 0.729. The third-order valence-electron chi connectivity index (χ3n) is 3.73. The van der Waals surface area contributed by atoms with E-state index in [-0.39, 0.29) is 0 Å². The van der Waals surface area contributed by atoms with Crippen LogP contribution in [-0.4, -0.2) is 34.6 Å². The van der Waals surface area contributed by atoms with Crippen molar-refractivity contribution in [3.63, 3.8) is 0 Å². The number of nitrogens with one attached hydrogen (secondary N) is 2. The Morgan fingerprint density at radius 1 is 1.00 bits per heavy atom. The molecule has 0 radical (unpaired) electrons. The molecule has 118 valence electrons. The van der Waals surface area contributed by atoms with Crippen LogP contribution < -0.4 is 15.4 Å². The van der Waals surface area contributed by atoms with Crippen LogP contribution in [0.4, 0.5) is 11.9 Å².